The first kappa shape index (κ1) is 13.3. The molecule has 3 heteroatoms. The van der Waals surface area contributed by atoms with Crippen molar-refractivity contribution in [1.29, 1.82) is 0 Å². The SMILES string of the molecule is CC1(C)Cc2ccccc2C1NC1CCS(=O)CC1. The lowest BCUT2D eigenvalue weighted by Crippen LogP contribution is -2.41. The van der Waals surface area contributed by atoms with E-state index in [0.717, 1.165) is 30.8 Å². The lowest BCUT2D eigenvalue weighted by atomic mass is 9.84. The average molecular weight is 277 g/mol. The molecule has 1 unspecified atom stereocenters. The molecule has 19 heavy (non-hydrogen) atoms. The highest BCUT2D eigenvalue weighted by atomic mass is 32.2. The second-order valence-corrected chi connectivity index (χ2v) is 8.28. The maximum atomic E-state index is 11.5. The molecule has 1 aliphatic carbocycles. The summed E-state index contributed by atoms with van der Waals surface area (Å²) in [7, 11) is -0.568. The molecule has 1 N–H and O–H groups in total. The molecule has 1 heterocycles. The Morgan fingerprint density at radius 2 is 1.89 bits per heavy atom. The molecule has 1 fully saturated rings. The van der Waals surface area contributed by atoms with E-state index in [4.69, 9.17) is 0 Å². The minimum Gasteiger partial charge on any atom is -0.307 e. The number of fused-ring (bicyclic) bond motifs is 1. The van der Waals surface area contributed by atoms with Crippen LogP contribution < -0.4 is 5.32 Å². The first-order valence-electron chi connectivity index (χ1n) is 7.25. The summed E-state index contributed by atoms with van der Waals surface area (Å²) in [6.07, 6.45) is 3.27. The minimum atomic E-state index is -0.568. The fourth-order valence-corrected chi connectivity index (χ4v) is 4.80. The lowest BCUT2D eigenvalue weighted by Gasteiger charge is -2.34. The molecule has 0 spiro atoms. The van der Waals surface area contributed by atoms with Crippen molar-refractivity contribution in [3.05, 3.63) is 35.4 Å². The smallest absolute Gasteiger partial charge is 0.0380 e. The predicted octanol–water partition coefficient (Wildman–Crippen LogP) is 2.81. The molecule has 1 aromatic rings. The number of rotatable bonds is 2. The van der Waals surface area contributed by atoms with Crippen LogP contribution in [0.1, 0.15) is 43.9 Å². The molecule has 1 saturated heterocycles. The second-order valence-electron chi connectivity index (χ2n) is 6.59. The highest BCUT2D eigenvalue weighted by Gasteiger charge is 2.39. The molecular weight excluding hydrogens is 254 g/mol. The Bertz CT molecular complexity index is 487. The standard InChI is InChI=1S/C16H23NOS/c1-16(2)11-12-5-3-4-6-14(12)15(16)17-13-7-9-19(18)10-8-13/h3-6,13,15,17H,7-11H2,1-2H3. The Kier molecular flexibility index (Phi) is 3.52. The summed E-state index contributed by atoms with van der Waals surface area (Å²) in [5.74, 6) is 1.74. The molecule has 0 saturated carbocycles. The number of hydrogen-bond acceptors (Lipinski definition) is 2. The highest BCUT2D eigenvalue weighted by Crippen LogP contribution is 2.45. The van der Waals surface area contributed by atoms with Crippen LogP contribution in [0.15, 0.2) is 24.3 Å². The summed E-state index contributed by atoms with van der Waals surface area (Å²) >= 11 is 0. The van der Waals surface area contributed by atoms with E-state index >= 15 is 0 Å². The summed E-state index contributed by atoms with van der Waals surface area (Å²) in [5.41, 5.74) is 3.24. The van der Waals surface area contributed by atoms with Gasteiger partial charge in [0.2, 0.25) is 0 Å². The van der Waals surface area contributed by atoms with Gasteiger partial charge in [0.15, 0.2) is 0 Å². The Hall–Kier alpha value is -0.670. The zero-order chi connectivity index (χ0) is 13.5. The Balaban J connectivity index is 1.77. The Morgan fingerprint density at radius 1 is 1.21 bits per heavy atom. The van der Waals surface area contributed by atoms with Gasteiger partial charge in [-0.25, -0.2) is 0 Å². The van der Waals surface area contributed by atoms with Gasteiger partial charge in [0.1, 0.15) is 0 Å². The van der Waals surface area contributed by atoms with Gasteiger partial charge in [-0.2, -0.15) is 0 Å². The van der Waals surface area contributed by atoms with Gasteiger partial charge in [0, 0.05) is 34.4 Å². The number of hydrogen-bond donors (Lipinski definition) is 1. The van der Waals surface area contributed by atoms with Crippen LogP contribution in [0.25, 0.3) is 0 Å². The van der Waals surface area contributed by atoms with Crippen LogP contribution in [0.2, 0.25) is 0 Å². The normalized spacial score (nSPS) is 33.1. The summed E-state index contributed by atoms with van der Waals surface area (Å²) in [6.45, 7) is 4.71. The van der Waals surface area contributed by atoms with E-state index < -0.39 is 10.8 Å². The first-order valence-corrected chi connectivity index (χ1v) is 8.74. The van der Waals surface area contributed by atoms with E-state index in [-0.39, 0.29) is 5.41 Å². The van der Waals surface area contributed by atoms with Crippen LogP contribution in [0.4, 0.5) is 0 Å². The van der Waals surface area contributed by atoms with E-state index in [1.54, 1.807) is 0 Å². The van der Waals surface area contributed by atoms with Crippen LogP contribution in [-0.4, -0.2) is 21.8 Å². The van der Waals surface area contributed by atoms with Crippen LogP contribution in [-0.2, 0) is 17.2 Å². The van der Waals surface area contributed by atoms with E-state index in [9.17, 15) is 4.21 Å². The van der Waals surface area contributed by atoms with Crippen molar-refractivity contribution in [1.82, 2.24) is 5.32 Å². The van der Waals surface area contributed by atoms with Crippen molar-refractivity contribution in [2.45, 2.75) is 45.2 Å². The molecule has 104 valence electrons. The van der Waals surface area contributed by atoms with Gasteiger partial charge < -0.3 is 5.32 Å². The van der Waals surface area contributed by atoms with E-state index in [0.29, 0.717) is 12.1 Å². The first-order chi connectivity index (χ1) is 9.06. The third kappa shape index (κ3) is 2.63. The van der Waals surface area contributed by atoms with E-state index in [1.807, 2.05) is 0 Å². The fraction of sp³-hybridized carbons (Fsp3) is 0.625. The van der Waals surface area contributed by atoms with Crippen LogP contribution in [0.5, 0.6) is 0 Å². The molecule has 3 rings (SSSR count). The summed E-state index contributed by atoms with van der Waals surface area (Å²) in [5, 5.41) is 3.85. The summed E-state index contributed by atoms with van der Waals surface area (Å²) in [4.78, 5) is 0. The molecule has 0 amide bonds. The molecular formula is C16H23NOS. The van der Waals surface area contributed by atoms with Crippen molar-refractivity contribution >= 4 is 10.8 Å². The Morgan fingerprint density at radius 3 is 2.63 bits per heavy atom. The van der Waals surface area contributed by atoms with Gasteiger partial charge in [0.25, 0.3) is 0 Å². The fourth-order valence-electron chi connectivity index (χ4n) is 3.50. The maximum Gasteiger partial charge on any atom is 0.0380 e. The third-order valence-electron chi connectivity index (χ3n) is 4.58. The Labute approximate surface area is 118 Å². The molecule has 1 aromatic carbocycles. The molecule has 0 bridgehead atoms. The molecule has 1 atom stereocenters. The van der Waals surface area contributed by atoms with Crippen molar-refractivity contribution in [2.75, 3.05) is 11.5 Å². The zero-order valence-corrected chi connectivity index (χ0v) is 12.6. The van der Waals surface area contributed by atoms with Gasteiger partial charge >= 0.3 is 0 Å². The lowest BCUT2D eigenvalue weighted by molar-refractivity contribution is 0.242. The monoisotopic (exact) mass is 277 g/mol. The molecule has 0 radical (unpaired) electrons. The predicted molar refractivity (Wildman–Crippen MR) is 80.7 cm³/mol. The van der Waals surface area contributed by atoms with Crippen molar-refractivity contribution < 1.29 is 4.21 Å². The van der Waals surface area contributed by atoms with Gasteiger partial charge in [-0.05, 0) is 35.8 Å². The number of nitrogens with one attached hydrogen (secondary N) is 1. The van der Waals surface area contributed by atoms with Gasteiger partial charge in [-0.3, -0.25) is 4.21 Å². The van der Waals surface area contributed by atoms with Crippen molar-refractivity contribution in [3.63, 3.8) is 0 Å². The largest absolute Gasteiger partial charge is 0.307 e. The minimum absolute atomic E-state index is 0.278. The quantitative estimate of drug-likeness (QED) is 0.900. The molecule has 0 aromatic heterocycles. The molecule has 2 nitrogen and oxygen atoms in total. The average Bonchev–Trinajstić information content (AvgIpc) is 2.63. The third-order valence-corrected chi connectivity index (χ3v) is 5.97. The topological polar surface area (TPSA) is 29.1 Å². The van der Waals surface area contributed by atoms with Crippen LogP contribution in [0, 0.1) is 5.41 Å². The summed E-state index contributed by atoms with van der Waals surface area (Å²) in [6, 6.07) is 9.79. The van der Waals surface area contributed by atoms with Crippen LogP contribution >= 0.6 is 0 Å². The maximum absolute atomic E-state index is 11.5. The van der Waals surface area contributed by atoms with Crippen molar-refractivity contribution in [2.24, 2.45) is 5.41 Å². The molecule has 1 aliphatic heterocycles. The zero-order valence-electron chi connectivity index (χ0n) is 11.8. The van der Waals surface area contributed by atoms with Gasteiger partial charge in [0.05, 0.1) is 0 Å². The second kappa shape index (κ2) is 5.02. The van der Waals surface area contributed by atoms with Crippen molar-refractivity contribution in [3.8, 4) is 0 Å². The van der Waals surface area contributed by atoms with Gasteiger partial charge in [-0.15, -0.1) is 0 Å². The highest BCUT2D eigenvalue weighted by molar-refractivity contribution is 7.85. The van der Waals surface area contributed by atoms with E-state index in [2.05, 4.69) is 43.4 Å². The van der Waals surface area contributed by atoms with Gasteiger partial charge in [-0.1, -0.05) is 38.1 Å². The summed E-state index contributed by atoms with van der Waals surface area (Å²) < 4.78 is 11.5. The van der Waals surface area contributed by atoms with Crippen LogP contribution in [0.3, 0.4) is 0 Å². The molecule has 2 aliphatic rings. The van der Waals surface area contributed by atoms with E-state index in [1.165, 1.54) is 11.1 Å². The number of benzene rings is 1.